The van der Waals surface area contributed by atoms with E-state index in [9.17, 15) is 14.4 Å². The Morgan fingerprint density at radius 3 is 2.79 bits per heavy atom. The topological polar surface area (TPSA) is 108 Å². The van der Waals surface area contributed by atoms with Crippen molar-refractivity contribution in [1.29, 1.82) is 0 Å². The van der Waals surface area contributed by atoms with Gasteiger partial charge in [-0.2, -0.15) is 5.10 Å². The maximum absolute atomic E-state index is 12.7. The zero-order chi connectivity index (χ0) is 19.8. The fraction of sp³-hybridized carbons (Fsp3) is 0.200. The van der Waals surface area contributed by atoms with Crippen molar-refractivity contribution in [2.45, 2.75) is 26.7 Å². The predicted molar refractivity (Wildman–Crippen MR) is 106 cm³/mol. The molecule has 28 heavy (non-hydrogen) atoms. The van der Waals surface area contributed by atoms with Crippen LogP contribution in [-0.2, 0) is 9.59 Å². The van der Waals surface area contributed by atoms with Gasteiger partial charge in [-0.1, -0.05) is 12.1 Å². The van der Waals surface area contributed by atoms with Crippen LogP contribution in [0.4, 0.5) is 11.4 Å². The minimum Gasteiger partial charge on any atom is -0.408 e. The molecule has 0 fully saturated rings. The number of carbonyl (C=O) groups excluding carboxylic acids is 2. The summed E-state index contributed by atoms with van der Waals surface area (Å²) in [7, 11) is 0. The lowest BCUT2D eigenvalue weighted by Crippen LogP contribution is -2.36. The van der Waals surface area contributed by atoms with E-state index in [4.69, 9.17) is 4.42 Å². The Hall–Kier alpha value is -3.68. The number of aromatic nitrogens is 1. The van der Waals surface area contributed by atoms with E-state index in [0.29, 0.717) is 22.5 Å². The predicted octanol–water partition coefficient (Wildman–Crippen LogP) is 2.86. The van der Waals surface area contributed by atoms with Gasteiger partial charge in [0.15, 0.2) is 5.58 Å². The van der Waals surface area contributed by atoms with Gasteiger partial charge in [0.25, 0.3) is 5.91 Å². The molecule has 0 saturated heterocycles. The summed E-state index contributed by atoms with van der Waals surface area (Å²) in [5, 5.41) is 8.37. The number of H-pyrrole nitrogens is 1. The molecule has 0 aliphatic carbocycles. The molecule has 2 aromatic carbocycles. The van der Waals surface area contributed by atoms with Crippen molar-refractivity contribution in [2.75, 3.05) is 10.3 Å². The van der Waals surface area contributed by atoms with Crippen LogP contribution in [0, 0.1) is 13.8 Å². The van der Waals surface area contributed by atoms with E-state index in [2.05, 4.69) is 15.4 Å². The number of amides is 2. The monoisotopic (exact) mass is 378 g/mol. The van der Waals surface area contributed by atoms with E-state index < -0.39 is 11.7 Å². The highest BCUT2D eigenvalue weighted by Crippen LogP contribution is 2.26. The van der Waals surface area contributed by atoms with Gasteiger partial charge < -0.3 is 9.73 Å². The Bertz CT molecular complexity index is 1190. The molecule has 1 aliphatic heterocycles. The first kappa shape index (κ1) is 17.7. The summed E-state index contributed by atoms with van der Waals surface area (Å²) in [5.74, 6) is -1.10. The van der Waals surface area contributed by atoms with E-state index >= 15 is 0 Å². The lowest BCUT2D eigenvalue weighted by Gasteiger charge is -2.24. The third-order valence-corrected chi connectivity index (χ3v) is 4.56. The Morgan fingerprint density at radius 2 is 1.96 bits per heavy atom. The summed E-state index contributed by atoms with van der Waals surface area (Å²) in [6.07, 6.45) is 0.463. The van der Waals surface area contributed by atoms with Crippen molar-refractivity contribution < 1.29 is 14.0 Å². The molecule has 2 N–H and O–H groups in total. The van der Waals surface area contributed by atoms with Crippen molar-refractivity contribution >= 4 is 40.0 Å². The maximum atomic E-state index is 12.7. The second kappa shape index (κ2) is 6.80. The number of aromatic amines is 1. The lowest BCUT2D eigenvalue weighted by atomic mass is 10.1. The fourth-order valence-electron chi connectivity index (χ4n) is 3.09. The zero-order valence-electron chi connectivity index (χ0n) is 15.4. The quantitative estimate of drug-likeness (QED) is 0.730. The lowest BCUT2D eigenvalue weighted by molar-refractivity contribution is -0.118. The summed E-state index contributed by atoms with van der Waals surface area (Å²) in [6, 6.07) is 10.6. The smallest absolute Gasteiger partial charge is 0.408 e. The molecule has 2 amide bonds. The summed E-state index contributed by atoms with van der Waals surface area (Å²) in [6.45, 7) is 3.83. The number of nitrogens with zero attached hydrogens (tertiary/aromatic N) is 2. The molecule has 0 saturated carbocycles. The number of hydrogen-bond acceptors (Lipinski definition) is 5. The fourth-order valence-corrected chi connectivity index (χ4v) is 3.09. The van der Waals surface area contributed by atoms with E-state index in [1.165, 1.54) is 5.01 Å². The highest BCUT2D eigenvalue weighted by Gasteiger charge is 2.26. The second-order valence-electron chi connectivity index (χ2n) is 6.72. The van der Waals surface area contributed by atoms with Gasteiger partial charge in [0.1, 0.15) is 5.71 Å². The number of nitrogens with one attached hydrogen (secondary N) is 2. The van der Waals surface area contributed by atoms with Crippen molar-refractivity contribution in [2.24, 2.45) is 5.10 Å². The number of benzene rings is 2. The van der Waals surface area contributed by atoms with Crippen LogP contribution in [0.5, 0.6) is 0 Å². The molecule has 142 valence electrons. The van der Waals surface area contributed by atoms with Crippen LogP contribution in [0.2, 0.25) is 0 Å². The molecule has 0 unspecified atom stereocenters. The molecule has 1 aliphatic rings. The highest BCUT2D eigenvalue weighted by atomic mass is 16.4. The minimum absolute atomic E-state index is 0.150. The van der Waals surface area contributed by atoms with Gasteiger partial charge in [-0.15, -0.1) is 0 Å². The molecule has 3 aromatic rings. The SMILES string of the molecule is Cc1ccc(C)c(N2N=C(C(=O)Nc3ccc4oc(=O)[nH]c4c3)CCC2=O)c1. The van der Waals surface area contributed by atoms with E-state index in [0.717, 1.165) is 11.1 Å². The normalized spacial score (nSPS) is 14.3. The summed E-state index contributed by atoms with van der Waals surface area (Å²) in [4.78, 5) is 38.8. The Labute approximate surface area is 159 Å². The average molecular weight is 378 g/mol. The van der Waals surface area contributed by atoms with Crippen LogP contribution >= 0.6 is 0 Å². The molecule has 2 heterocycles. The van der Waals surface area contributed by atoms with E-state index in [1.807, 2.05) is 32.0 Å². The van der Waals surface area contributed by atoms with Gasteiger partial charge in [-0.3, -0.25) is 14.6 Å². The third kappa shape index (κ3) is 3.32. The van der Waals surface area contributed by atoms with Gasteiger partial charge >= 0.3 is 5.76 Å². The minimum atomic E-state index is -0.558. The highest BCUT2D eigenvalue weighted by molar-refractivity contribution is 6.44. The number of hydrazone groups is 1. The summed E-state index contributed by atoms with van der Waals surface area (Å²) in [5.41, 5.74) is 4.23. The van der Waals surface area contributed by atoms with Crippen LogP contribution in [0.1, 0.15) is 24.0 Å². The van der Waals surface area contributed by atoms with E-state index in [1.54, 1.807) is 18.2 Å². The first-order valence-corrected chi connectivity index (χ1v) is 8.82. The molecule has 8 nitrogen and oxygen atoms in total. The molecular formula is C20H18N4O4. The van der Waals surface area contributed by atoms with E-state index in [-0.39, 0.29) is 24.5 Å². The molecule has 0 spiro atoms. The van der Waals surface area contributed by atoms with Gasteiger partial charge in [-0.05, 0) is 49.2 Å². The van der Waals surface area contributed by atoms with Gasteiger partial charge in [-0.25, -0.2) is 9.80 Å². The number of fused-ring (bicyclic) bond motifs is 1. The van der Waals surface area contributed by atoms with Crippen LogP contribution in [0.25, 0.3) is 11.1 Å². The molecule has 0 radical (unpaired) electrons. The van der Waals surface area contributed by atoms with Crippen LogP contribution < -0.4 is 16.1 Å². The standard InChI is InChI=1S/C20H18N4O4/c1-11-3-4-12(2)16(9-11)24-18(25)8-6-14(23-24)19(26)21-13-5-7-17-15(10-13)22-20(27)28-17/h3-5,7,9-10H,6,8H2,1-2H3,(H,21,26)(H,22,27). The number of carbonyl (C=O) groups is 2. The Kier molecular flexibility index (Phi) is 4.31. The summed E-state index contributed by atoms with van der Waals surface area (Å²) < 4.78 is 4.95. The van der Waals surface area contributed by atoms with Crippen molar-refractivity contribution in [3.05, 3.63) is 58.1 Å². The van der Waals surface area contributed by atoms with Crippen LogP contribution in [0.3, 0.4) is 0 Å². The zero-order valence-corrected chi connectivity index (χ0v) is 15.4. The van der Waals surface area contributed by atoms with Crippen molar-refractivity contribution in [1.82, 2.24) is 4.98 Å². The van der Waals surface area contributed by atoms with Crippen molar-refractivity contribution in [3.63, 3.8) is 0 Å². The van der Waals surface area contributed by atoms with Crippen LogP contribution in [0.15, 0.2) is 50.7 Å². The molecule has 1 aromatic heterocycles. The molecule has 0 bridgehead atoms. The molecular weight excluding hydrogens is 360 g/mol. The molecule has 8 heteroatoms. The Morgan fingerprint density at radius 1 is 1.14 bits per heavy atom. The summed E-state index contributed by atoms with van der Waals surface area (Å²) >= 11 is 0. The van der Waals surface area contributed by atoms with Gasteiger partial charge in [0, 0.05) is 18.5 Å². The van der Waals surface area contributed by atoms with Gasteiger partial charge in [0.2, 0.25) is 5.91 Å². The van der Waals surface area contributed by atoms with Gasteiger partial charge in [0.05, 0.1) is 11.2 Å². The third-order valence-electron chi connectivity index (χ3n) is 4.56. The number of aryl methyl sites for hydroxylation is 2. The van der Waals surface area contributed by atoms with Crippen molar-refractivity contribution in [3.8, 4) is 0 Å². The first-order valence-electron chi connectivity index (χ1n) is 8.82. The maximum Gasteiger partial charge on any atom is 0.417 e. The largest absolute Gasteiger partial charge is 0.417 e. The molecule has 4 rings (SSSR count). The Balaban J connectivity index is 1.61. The number of oxazole rings is 1. The molecule has 0 atom stereocenters. The first-order chi connectivity index (χ1) is 13.4. The van der Waals surface area contributed by atoms with Crippen LogP contribution in [-0.4, -0.2) is 22.5 Å². The number of rotatable bonds is 3. The average Bonchev–Trinajstić information content (AvgIpc) is 3.03. The number of hydrogen-bond donors (Lipinski definition) is 2. The second-order valence-corrected chi connectivity index (χ2v) is 6.72. The number of anilines is 2.